The first kappa shape index (κ1) is 18.8. The first-order valence-corrected chi connectivity index (χ1v) is 9.25. The molecular formula is C18H25BrN2O3. The maximum absolute atomic E-state index is 12.1. The van der Waals surface area contributed by atoms with Gasteiger partial charge < -0.3 is 15.0 Å². The minimum Gasteiger partial charge on any atom is -0.492 e. The van der Waals surface area contributed by atoms with Gasteiger partial charge in [-0.05, 0) is 37.1 Å². The zero-order chi connectivity index (χ0) is 17.4. The molecule has 2 amide bonds. The molecule has 24 heavy (non-hydrogen) atoms. The van der Waals surface area contributed by atoms with Gasteiger partial charge in [0.1, 0.15) is 12.4 Å². The molecule has 0 bridgehead atoms. The summed E-state index contributed by atoms with van der Waals surface area (Å²) in [5, 5.41) is 2.77. The molecule has 1 saturated carbocycles. The van der Waals surface area contributed by atoms with Crippen LogP contribution in [0.4, 0.5) is 0 Å². The van der Waals surface area contributed by atoms with Gasteiger partial charge in [-0.3, -0.25) is 9.59 Å². The number of amides is 2. The molecule has 0 atom stereocenters. The Morgan fingerprint density at radius 1 is 1.21 bits per heavy atom. The van der Waals surface area contributed by atoms with Gasteiger partial charge in [0.2, 0.25) is 11.8 Å². The largest absolute Gasteiger partial charge is 0.492 e. The van der Waals surface area contributed by atoms with Crippen LogP contribution in [-0.2, 0) is 9.59 Å². The van der Waals surface area contributed by atoms with Crippen molar-refractivity contribution in [2.45, 2.75) is 32.1 Å². The molecule has 0 spiro atoms. The minimum absolute atomic E-state index is 0.0163. The lowest BCUT2D eigenvalue weighted by Crippen LogP contribution is -2.41. The van der Waals surface area contributed by atoms with Crippen LogP contribution in [0.25, 0.3) is 0 Å². The molecule has 0 radical (unpaired) electrons. The fourth-order valence-corrected chi connectivity index (χ4v) is 3.03. The van der Waals surface area contributed by atoms with E-state index in [0.717, 1.165) is 35.9 Å². The van der Waals surface area contributed by atoms with Crippen LogP contribution < -0.4 is 10.1 Å². The number of ether oxygens (including phenoxy) is 1. The second kappa shape index (κ2) is 9.67. The molecule has 0 aliphatic heterocycles. The number of benzene rings is 1. The molecule has 1 N–H and O–H groups in total. The van der Waals surface area contributed by atoms with Crippen molar-refractivity contribution in [3.63, 3.8) is 0 Å². The van der Waals surface area contributed by atoms with Crippen molar-refractivity contribution < 1.29 is 14.3 Å². The summed E-state index contributed by atoms with van der Waals surface area (Å²) in [6.07, 6.45) is 5.32. The Morgan fingerprint density at radius 2 is 1.88 bits per heavy atom. The molecule has 0 saturated heterocycles. The highest BCUT2D eigenvalue weighted by atomic mass is 79.9. The van der Waals surface area contributed by atoms with Crippen LogP contribution in [0.5, 0.6) is 5.75 Å². The number of halogens is 1. The third-order valence-corrected chi connectivity index (χ3v) is 4.85. The molecule has 0 aromatic heterocycles. The van der Waals surface area contributed by atoms with Gasteiger partial charge in [-0.15, -0.1) is 0 Å². The summed E-state index contributed by atoms with van der Waals surface area (Å²) in [5.74, 6) is 0.767. The molecule has 0 heterocycles. The Morgan fingerprint density at radius 3 is 2.54 bits per heavy atom. The number of hydrogen-bond donors (Lipinski definition) is 1. The van der Waals surface area contributed by atoms with Crippen LogP contribution in [0.2, 0.25) is 0 Å². The van der Waals surface area contributed by atoms with Crippen molar-refractivity contribution in [3.8, 4) is 5.75 Å². The van der Waals surface area contributed by atoms with Gasteiger partial charge in [-0.1, -0.05) is 35.2 Å². The molecule has 0 unspecified atom stereocenters. The number of carbonyl (C=O) groups excluding carboxylic acids is 2. The molecule has 1 aliphatic carbocycles. The van der Waals surface area contributed by atoms with E-state index in [4.69, 9.17) is 4.74 Å². The zero-order valence-corrected chi connectivity index (χ0v) is 15.7. The number of likely N-dealkylation sites (N-methyl/N-ethyl adjacent to an activating group) is 1. The van der Waals surface area contributed by atoms with E-state index in [0.29, 0.717) is 13.2 Å². The standard InChI is InChI=1S/C18H25BrN2O3/c1-21(11-12-24-16-9-7-15(19)8-10-16)17(22)13-20-18(23)14-5-3-2-4-6-14/h7-10,14H,2-6,11-13H2,1H3,(H,20,23). The summed E-state index contributed by atoms with van der Waals surface area (Å²) in [6, 6.07) is 7.56. The van der Waals surface area contributed by atoms with Gasteiger partial charge in [0.15, 0.2) is 0 Å². The van der Waals surface area contributed by atoms with E-state index >= 15 is 0 Å². The SMILES string of the molecule is CN(CCOc1ccc(Br)cc1)C(=O)CNC(=O)C1CCCCC1. The third kappa shape index (κ3) is 6.15. The second-order valence-electron chi connectivity index (χ2n) is 6.17. The highest BCUT2D eigenvalue weighted by Crippen LogP contribution is 2.23. The Labute approximate surface area is 151 Å². The number of carbonyl (C=O) groups is 2. The smallest absolute Gasteiger partial charge is 0.241 e. The summed E-state index contributed by atoms with van der Waals surface area (Å²) in [4.78, 5) is 25.7. The molecular weight excluding hydrogens is 372 g/mol. The lowest BCUT2D eigenvalue weighted by Gasteiger charge is -2.22. The van der Waals surface area contributed by atoms with Gasteiger partial charge in [0, 0.05) is 17.4 Å². The normalized spacial score (nSPS) is 14.9. The summed E-state index contributed by atoms with van der Waals surface area (Å²) < 4.78 is 6.60. The summed E-state index contributed by atoms with van der Waals surface area (Å²) >= 11 is 3.37. The average Bonchev–Trinajstić information content (AvgIpc) is 2.61. The predicted octanol–water partition coefficient (Wildman–Crippen LogP) is 2.98. The Balaban J connectivity index is 1.64. The van der Waals surface area contributed by atoms with Gasteiger partial charge >= 0.3 is 0 Å². The van der Waals surface area contributed by atoms with E-state index in [1.807, 2.05) is 24.3 Å². The minimum atomic E-state index is -0.0986. The van der Waals surface area contributed by atoms with Crippen LogP contribution in [0.1, 0.15) is 32.1 Å². The fourth-order valence-electron chi connectivity index (χ4n) is 2.76. The van der Waals surface area contributed by atoms with Gasteiger partial charge in [0.25, 0.3) is 0 Å². The van der Waals surface area contributed by atoms with Crippen molar-refractivity contribution in [2.75, 3.05) is 26.7 Å². The summed E-state index contributed by atoms with van der Waals surface area (Å²) in [6.45, 7) is 0.957. The topological polar surface area (TPSA) is 58.6 Å². The number of hydrogen-bond acceptors (Lipinski definition) is 3. The van der Waals surface area contributed by atoms with Gasteiger partial charge in [-0.25, -0.2) is 0 Å². The van der Waals surface area contributed by atoms with E-state index in [2.05, 4.69) is 21.2 Å². The van der Waals surface area contributed by atoms with E-state index in [9.17, 15) is 9.59 Å². The van der Waals surface area contributed by atoms with Crippen LogP contribution in [0, 0.1) is 5.92 Å². The zero-order valence-electron chi connectivity index (χ0n) is 14.1. The fraction of sp³-hybridized carbons (Fsp3) is 0.556. The Bertz CT molecular complexity index is 542. The molecule has 132 valence electrons. The molecule has 6 heteroatoms. The molecule has 1 aliphatic rings. The van der Waals surface area contributed by atoms with Crippen molar-refractivity contribution in [1.29, 1.82) is 0 Å². The molecule has 1 fully saturated rings. The number of rotatable bonds is 7. The van der Waals surface area contributed by atoms with Gasteiger partial charge in [-0.2, -0.15) is 0 Å². The van der Waals surface area contributed by atoms with E-state index in [1.54, 1.807) is 11.9 Å². The van der Waals surface area contributed by atoms with Crippen molar-refractivity contribution >= 4 is 27.7 Å². The van der Waals surface area contributed by atoms with Crippen molar-refractivity contribution in [1.82, 2.24) is 10.2 Å². The molecule has 5 nitrogen and oxygen atoms in total. The third-order valence-electron chi connectivity index (χ3n) is 4.32. The Kier molecular flexibility index (Phi) is 7.56. The lowest BCUT2D eigenvalue weighted by atomic mass is 9.89. The lowest BCUT2D eigenvalue weighted by molar-refractivity contribution is -0.133. The maximum atomic E-state index is 12.1. The maximum Gasteiger partial charge on any atom is 0.241 e. The van der Waals surface area contributed by atoms with Crippen LogP contribution in [0.3, 0.4) is 0 Å². The van der Waals surface area contributed by atoms with Crippen LogP contribution in [-0.4, -0.2) is 43.5 Å². The summed E-state index contributed by atoms with van der Waals surface area (Å²) in [5.41, 5.74) is 0. The van der Waals surface area contributed by atoms with E-state index in [-0.39, 0.29) is 24.3 Å². The van der Waals surface area contributed by atoms with Crippen molar-refractivity contribution in [3.05, 3.63) is 28.7 Å². The first-order valence-electron chi connectivity index (χ1n) is 8.46. The number of nitrogens with one attached hydrogen (secondary N) is 1. The van der Waals surface area contributed by atoms with Crippen molar-refractivity contribution in [2.24, 2.45) is 5.92 Å². The molecule has 2 rings (SSSR count). The highest BCUT2D eigenvalue weighted by Gasteiger charge is 2.21. The average molecular weight is 397 g/mol. The Hall–Kier alpha value is -1.56. The quantitative estimate of drug-likeness (QED) is 0.770. The predicted molar refractivity (Wildman–Crippen MR) is 96.9 cm³/mol. The molecule has 1 aromatic carbocycles. The number of nitrogens with zero attached hydrogens (tertiary/aromatic N) is 1. The molecule has 1 aromatic rings. The van der Waals surface area contributed by atoms with Crippen LogP contribution >= 0.6 is 15.9 Å². The monoisotopic (exact) mass is 396 g/mol. The van der Waals surface area contributed by atoms with E-state index in [1.165, 1.54) is 6.42 Å². The van der Waals surface area contributed by atoms with Crippen LogP contribution in [0.15, 0.2) is 28.7 Å². The highest BCUT2D eigenvalue weighted by molar-refractivity contribution is 9.10. The first-order chi connectivity index (χ1) is 11.6. The van der Waals surface area contributed by atoms with Gasteiger partial charge in [0.05, 0.1) is 13.1 Å². The summed E-state index contributed by atoms with van der Waals surface area (Å²) in [7, 11) is 1.72. The second-order valence-corrected chi connectivity index (χ2v) is 7.09. The van der Waals surface area contributed by atoms with E-state index < -0.39 is 0 Å².